The van der Waals surface area contributed by atoms with Crippen LogP contribution in [0.2, 0.25) is 0 Å². The summed E-state index contributed by atoms with van der Waals surface area (Å²) in [6, 6.07) is 17.3. The van der Waals surface area contributed by atoms with Crippen molar-refractivity contribution in [3.05, 3.63) is 76.5 Å². The summed E-state index contributed by atoms with van der Waals surface area (Å²) in [5.41, 5.74) is 4.25. The molecule has 0 unspecified atom stereocenters. The number of aromatic nitrogens is 2. The van der Waals surface area contributed by atoms with Gasteiger partial charge in [0.25, 0.3) is 5.91 Å². The van der Waals surface area contributed by atoms with Crippen LogP contribution in [-0.2, 0) is 6.42 Å². The zero-order valence-electron chi connectivity index (χ0n) is 14.6. The number of hydrogen-bond acceptors (Lipinski definition) is 4. The smallest absolute Gasteiger partial charge is 0.257 e. The minimum Gasteiger partial charge on any atom is -0.363 e. The van der Waals surface area contributed by atoms with Gasteiger partial charge in [-0.1, -0.05) is 52.3 Å². The molecular formula is C21H16BrN3O2. The molecule has 6 heteroatoms. The summed E-state index contributed by atoms with van der Waals surface area (Å²) < 4.78 is 5.67. The lowest BCUT2D eigenvalue weighted by molar-refractivity contribution is 0.102. The van der Waals surface area contributed by atoms with E-state index in [0.29, 0.717) is 11.4 Å². The number of rotatable bonds is 4. The van der Waals surface area contributed by atoms with Crippen LogP contribution in [0.4, 0.5) is 5.82 Å². The van der Waals surface area contributed by atoms with Crippen molar-refractivity contribution < 1.29 is 9.32 Å². The zero-order valence-corrected chi connectivity index (χ0v) is 16.2. The number of hydrogen-bond donors (Lipinski definition) is 1. The summed E-state index contributed by atoms with van der Waals surface area (Å²) >= 11 is 3.47. The Morgan fingerprint density at radius 2 is 1.93 bits per heavy atom. The number of anilines is 1. The van der Waals surface area contributed by atoms with E-state index in [2.05, 4.69) is 45.5 Å². The molecule has 4 aromatic rings. The molecule has 4 rings (SSSR count). The first-order valence-electron chi connectivity index (χ1n) is 8.55. The van der Waals surface area contributed by atoms with E-state index in [1.54, 1.807) is 6.07 Å². The second kappa shape index (κ2) is 7.32. The van der Waals surface area contributed by atoms with E-state index < -0.39 is 0 Å². The van der Waals surface area contributed by atoms with Crippen molar-refractivity contribution in [1.82, 2.24) is 10.1 Å². The van der Waals surface area contributed by atoms with E-state index in [0.717, 1.165) is 33.1 Å². The van der Waals surface area contributed by atoms with Gasteiger partial charge in [0.15, 0.2) is 5.82 Å². The fourth-order valence-electron chi connectivity index (χ4n) is 2.91. The second-order valence-corrected chi connectivity index (χ2v) is 7.02. The molecular weight excluding hydrogens is 406 g/mol. The standard InChI is InChI=1S/C21H16BrN3O2/c1-2-13-3-5-14(6-4-13)19-12-17(21(26)24-20-9-10-27-25-20)16-11-15(22)7-8-18(16)23-19/h3-12H,2H2,1H3,(H,24,25,26). The Hall–Kier alpha value is -2.99. The van der Waals surface area contributed by atoms with Crippen molar-refractivity contribution in [1.29, 1.82) is 0 Å². The van der Waals surface area contributed by atoms with Gasteiger partial charge in [0.2, 0.25) is 0 Å². The molecule has 2 aromatic heterocycles. The molecule has 0 saturated carbocycles. The number of nitrogens with zero attached hydrogens (tertiary/aromatic N) is 2. The highest BCUT2D eigenvalue weighted by Crippen LogP contribution is 2.28. The highest BCUT2D eigenvalue weighted by Gasteiger charge is 2.15. The maximum absolute atomic E-state index is 12.9. The molecule has 0 spiro atoms. The molecule has 0 bridgehead atoms. The molecule has 1 N–H and O–H groups in total. The Morgan fingerprint density at radius 3 is 2.63 bits per heavy atom. The van der Waals surface area contributed by atoms with Crippen LogP contribution in [0, 0.1) is 0 Å². The van der Waals surface area contributed by atoms with Crippen LogP contribution in [0.5, 0.6) is 0 Å². The van der Waals surface area contributed by atoms with Gasteiger partial charge in [-0.25, -0.2) is 4.98 Å². The summed E-state index contributed by atoms with van der Waals surface area (Å²) in [4.78, 5) is 17.6. The summed E-state index contributed by atoms with van der Waals surface area (Å²) in [6.45, 7) is 2.12. The number of pyridine rings is 1. The minimum absolute atomic E-state index is 0.263. The average molecular weight is 422 g/mol. The minimum atomic E-state index is -0.263. The molecule has 0 aliphatic heterocycles. The van der Waals surface area contributed by atoms with Gasteiger partial charge in [0.1, 0.15) is 6.26 Å². The topological polar surface area (TPSA) is 68.0 Å². The first-order valence-corrected chi connectivity index (χ1v) is 9.34. The Morgan fingerprint density at radius 1 is 1.11 bits per heavy atom. The molecule has 0 aliphatic rings. The molecule has 0 aliphatic carbocycles. The van der Waals surface area contributed by atoms with Gasteiger partial charge < -0.3 is 9.84 Å². The SMILES string of the molecule is CCc1ccc(-c2cc(C(=O)Nc3ccon3)c3cc(Br)ccc3n2)cc1. The lowest BCUT2D eigenvalue weighted by Crippen LogP contribution is -2.13. The second-order valence-electron chi connectivity index (χ2n) is 6.11. The average Bonchev–Trinajstić information content (AvgIpc) is 3.20. The van der Waals surface area contributed by atoms with Gasteiger partial charge in [-0.15, -0.1) is 0 Å². The third-order valence-corrected chi connectivity index (χ3v) is 4.85. The monoisotopic (exact) mass is 421 g/mol. The predicted molar refractivity (Wildman–Crippen MR) is 109 cm³/mol. The maximum Gasteiger partial charge on any atom is 0.257 e. The first-order chi connectivity index (χ1) is 13.1. The van der Waals surface area contributed by atoms with Crippen LogP contribution in [-0.4, -0.2) is 16.0 Å². The fraction of sp³-hybridized carbons (Fsp3) is 0.0952. The Bertz CT molecular complexity index is 1110. The van der Waals surface area contributed by atoms with Crippen LogP contribution >= 0.6 is 15.9 Å². The van der Waals surface area contributed by atoms with E-state index in [4.69, 9.17) is 9.51 Å². The predicted octanol–water partition coefficient (Wildman–Crippen LogP) is 5.47. The van der Waals surface area contributed by atoms with Crippen LogP contribution < -0.4 is 5.32 Å². The Kier molecular flexibility index (Phi) is 4.73. The van der Waals surface area contributed by atoms with E-state index in [9.17, 15) is 4.79 Å². The largest absolute Gasteiger partial charge is 0.363 e. The Labute approximate surface area is 164 Å². The molecule has 5 nitrogen and oxygen atoms in total. The molecule has 2 heterocycles. The van der Waals surface area contributed by atoms with E-state index >= 15 is 0 Å². The van der Waals surface area contributed by atoms with Crippen molar-refractivity contribution in [2.24, 2.45) is 0 Å². The van der Waals surface area contributed by atoms with Crippen molar-refractivity contribution in [3.63, 3.8) is 0 Å². The van der Waals surface area contributed by atoms with Crippen LogP contribution in [0.1, 0.15) is 22.8 Å². The lowest BCUT2D eigenvalue weighted by atomic mass is 10.0. The number of nitrogens with one attached hydrogen (secondary N) is 1. The van der Waals surface area contributed by atoms with E-state index in [-0.39, 0.29) is 5.91 Å². The van der Waals surface area contributed by atoms with Gasteiger partial charge >= 0.3 is 0 Å². The van der Waals surface area contributed by atoms with E-state index in [1.165, 1.54) is 11.8 Å². The van der Waals surface area contributed by atoms with Gasteiger partial charge in [-0.05, 0) is 36.2 Å². The normalized spacial score (nSPS) is 10.9. The number of fused-ring (bicyclic) bond motifs is 1. The maximum atomic E-state index is 12.9. The summed E-state index contributed by atoms with van der Waals surface area (Å²) in [7, 11) is 0. The highest BCUT2D eigenvalue weighted by molar-refractivity contribution is 9.10. The summed E-state index contributed by atoms with van der Waals surface area (Å²) in [6.07, 6.45) is 2.39. The van der Waals surface area contributed by atoms with Crippen LogP contribution in [0.15, 0.2) is 69.9 Å². The van der Waals surface area contributed by atoms with Gasteiger partial charge in [0, 0.05) is 21.5 Å². The molecule has 1 amide bonds. The number of benzene rings is 2. The third kappa shape index (κ3) is 3.61. The summed E-state index contributed by atoms with van der Waals surface area (Å²) in [5, 5.41) is 7.27. The number of amides is 1. The molecule has 27 heavy (non-hydrogen) atoms. The van der Waals surface area contributed by atoms with Gasteiger partial charge in [-0.3, -0.25) is 4.79 Å². The Balaban J connectivity index is 1.83. The number of aryl methyl sites for hydroxylation is 1. The van der Waals surface area contributed by atoms with Crippen molar-refractivity contribution in [2.75, 3.05) is 5.32 Å². The van der Waals surface area contributed by atoms with Crippen molar-refractivity contribution in [2.45, 2.75) is 13.3 Å². The molecule has 0 fully saturated rings. The molecule has 0 saturated heterocycles. The van der Waals surface area contributed by atoms with Crippen molar-refractivity contribution in [3.8, 4) is 11.3 Å². The zero-order chi connectivity index (χ0) is 18.8. The van der Waals surface area contributed by atoms with Gasteiger partial charge in [-0.2, -0.15) is 0 Å². The quantitative estimate of drug-likeness (QED) is 0.474. The molecule has 0 radical (unpaired) electrons. The number of halogens is 1. The lowest BCUT2D eigenvalue weighted by Gasteiger charge is -2.10. The first kappa shape index (κ1) is 17.4. The fourth-order valence-corrected chi connectivity index (χ4v) is 3.27. The number of carbonyl (C=O) groups is 1. The van der Waals surface area contributed by atoms with Crippen LogP contribution in [0.25, 0.3) is 22.2 Å². The third-order valence-electron chi connectivity index (χ3n) is 4.35. The van der Waals surface area contributed by atoms with E-state index in [1.807, 2.05) is 36.4 Å². The highest BCUT2D eigenvalue weighted by atomic mass is 79.9. The van der Waals surface area contributed by atoms with Crippen LogP contribution in [0.3, 0.4) is 0 Å². The molecule has 134 valence electrons. The molecule has 0 atom stereocenters. The van der Waals surface area contributed by atoms with Crippen molar-refractivity contribution >= 4 is 38.6 Å². The van der Waals surface area contributed by atoms with Gasteiger partial charge in [0.05, 0.1) is 16.8 Å². The number of carbonyl (C=O) groups excluding carboxylic acids is 1. The summed E-state index contributed by atoms with van der Waals surface area (Å²) in [5.74, 6) is 0.106. The molecule has 2 aromatic carbocycles.